The summed E-state index contributed by atoms with van der Waals surface area (Å²) >= 11 is 0. The first-order valence-electron chi connectivity index (χ1n) is 8.53. The first-order valence-corrected chi connectivity index (χ1v) is 8.53. The van der Waals surface area contributed by atoms with Crippen molar-refractivity contribution in [3.8, 4) is 0 Å². The lowest BCUT2D eigenvalue weighted by Gasteiger charge is -2.18. The standard InChI is InChI=1S/C21H23N3O/c1-16-20(15-24(2)23-16)21(25)22-14-13-19(17-9-5-3-6-10-17)18-11-7-4-8-12-18/h3-12,15,19H,13-14H2,1-2H3,(H,22,25). The number of rotatable bonds is 6. The molecule has 0 aliphatic carbocycles. The van der Waals surface area contributed by atoms with Crippen LogP contribution in [0.15, 0.2) is 66.9 Å². The van der Waals surface area contributed by atoms with Gasteiger partial charge >= 0.3 is 0 Å². The summed E-state index contributed by atoms with van der Waals surface area (Å²) in [5.74, 6) is 0.197. The Labute approximate surface area is 148 Å². The minimum atomic E-state index is -0.0644. The summed E-state index contributed by atoms with van der Waals surface area (Å²) in [4.78, 5) is 12.4. The van der Waals surface area contributed by atoms with Gasteiger partial charge < -0.3 is 5.32 Å². The van der Waals surface area contributed by atoms with Crippen LogP contribution in [-0.2, 0) is 7.05 Å². The van der Waals surface area contributed by atoms with Gasteiger partial charge in [0.15, 0.2) is 0 Å². The lowest BCUT2D eigenvalue weighted by Crippen LogP contribution is -2.26. The lowest BCUT2D eigenvalue weighted by atomic mass is 9.88. The molecule has 0 bridgehead atoms. The van der Waals surface area contributed by atoms with E-state index in [9.17, 15) is 4.79 Å². The topological polar surface area (TPSA) is 46.9 Å². The Kier molecular flexibility index (Phi) is 5.29. The van der Waals surface area contributed by atoms with E-state index in [4.69, 9.17) is 0 Å². The fourth-order valence-electron chi connectivity index (χ4n) is 3.14. The van der Waals surface area contributed by atoms with Gasteiger partial charge in [0.05, 0.1) is 11.3 Å². The Hall–Kier alpha value is -2.88. The van der Waals surface area contributed by atoms with Crippen molar-refractivity contribution in [2.45, 2.75) is 19.3 Å². The number of aromatic nitrogens is 2. The number of benzene rings is 2. The van der Waals surface area contributed by atoms with E-state index in [2.05, 4.69) is 58.9 Å². The van der Waals surface area contributed by atoms with Gasteiger partial charge in [-0.15, -0.1) is 0 Å². The molecule has 0 aliphatic heterocycles. The van der Waals surface area contributed by atoms with Crippen molar-refractivity contribution >= 4 is 5.91 Å². The summed E-state index contributed by atoms with van der Waals surface area (Å²) in [5.41, 5.74) is 3.92. The van der Waals surface area contributed by atoms with E-state index in [1.165, 1.54) is 11.1 Å². The molecule has 4 nitrogen and oxygen atoms in total. The van der Waals surface area contributed by atoms with Crippen LogP contribution < -0.4 is 5.32 Å². The fraction of sp³-hybridized carbons (Fsp3) is 0.238. The highest BCUT2D eigenvalue weighted by Crippen LogP contribution is 2.27. The SMILES string of the molecule is Cc1nn(C)cc1C(=O)NCCC(c1ccccc1)c1ccccc1. The largest absolute Gasteiger partial charge is 0.352 e. The normalized spacial score (nSPS) is 10.8. The smallest absolute Gasteiger partial charge is 0.254 e. The van der Waals surface area contributed by atoms with Crippen LogP contribution in [0.5, 0.6) is 0 Å². The lowest BCUT2D eigenvalue weighted by molar-refractivity contribution is 0.0952. The second-order valence-corrected chi connectivity index (χ2v) is 6.22. The van der Waals surface area contributed by atoms with Crippen LogP contribution >= 0.6 is 0 Å². The van der Waals surface area contributed by atoms with Crippen molar-refractivity contribution in [2.24, 2.45) is 7.05 Å². The van der Waals surface area contributed by atoms with Crippen molar-refractivity contribution in [3.63, 3.8) is 0 Å². The van der Waals surface area contributed by atoms with Crippen LogP contribution in [0.1, 0.15) is 39.5 Å². The number of nitrogens with one attached hydrogen (secondary N) is 1. The van der Waals surface area contributed by atoms with Crippen molar-refractivity contribution in [1.29, 1.82) is 0 Å². The van der Waals surface area contributed by atoms with E-state index < -0.39 is 0 Å². The van der Waals surface area contributed by atoms with Crippen LogP contribution in [0.2, 0.25) is 0 Å². The molecule has 1 N–H and O–H groups in total. The molecule has 0 spiro atoms. The molecule has 1 amide bonds. The Bertz CT molecular complexity index is 785. The zero-order chi connectivity index (χ0) is 17.6. The van der Waals surface area contributed by atoms with E-state index in [-0.39, 0.29) is 11.8 Å². The van der Waals surface area contributed by atoms with E-state index in [0.717, 1.165) is 12.1 Å². The number of amides is 1. The predicted octanol–water partition coefficient (Wildman–Crippen LogP) is 3.68. The third kappa shape index (κ3) is 4.15. The van der Waals surface area contributed by atoms with Gasteiger partial charge in [-0.1, -0.05) is 60.7 Å². The molecule has 3 rings (SSSR count). The van der Waals surface area contributed by atoms with Gasteiger partial charge in [-0.25, -0.2) is 0 Å². The molecule has 0 unspecified atom stereocenters. The molecule has 3 aromatic rings. The van der Waals surface area contributed by atoms with Crippen LogP contribution in [0.25, 0.3) is 0 Å². The van der Waals surface area contributed by atoms with Crippen LogP contribution in [0, 0.1) is 6.92 Å². The molecule has 0 fully saturated rings. The molecule has 1 heterocycles. The number of aryl methyl sites for hydroxylation is 2. The summed E-state index contributed by atoms with van der Waals surface area (Å²) < 4.78 is 1.67. The summed E-state index contributed by atoms with van der Waals surface area (Å²) in [7, 11) is 1.82. The summed E-state index contributed by atoms with van der Waals surface area (Å²) in [6.07, 6.45) is 2.61. The Balaban J connectivity index is 1.69. The predicted molar refractivity (Wildman–Crippen MR) is 99.6 cm³/mol. The fourth-order valence-corrected chi connectivity index (χ4v) is 3.14. The Morgan fingerprint density at radius 3 is 2.08 bits per heavy atom. The van der Waals surface area contributed by atoms with E-state index in [1.54, 1.807) is 10.9 Å². The van der Waals surface area contributed by atoms with Crippen LogP contribution in [0.4, 0.5) is 0 Å². The molecule has 0 saturated heterocycles. The molecular weight excluding hydrogens is 310 g/mol. The van der Waals surface area contributed by atoms with Crippen molar-refractivity contribution in [2.75, 3.05) is 6.54 Å². The molecule has 128 valence electrons. The molecule has 25 heavy (non-hydrogen) atoms. The van der Waals surface area contributed by atoms with E-state index in [1.807, 2.05) is 26.1 Å². The first kappa shape index (κ1) is 17.0. The van der Waals surface area contributed by atoms with E-state index >= 15 is 0 Å². The first-order chi connectivity index (χ1) is 12.1. The molecule has 0 radical (unpaired) electrons. The maximum Gasteiger partial charge on any atom is 0.254 e. The van der Waals surface area contributed by atoms with Gasteiger partial charge in [-0.2, -0.15) is 5.10 Å². The summed E-state index contributed by atoms with van der Waals surface area (Å²) in [6.45, 7) is 2.47. The third-order valence-electron chi connectivity index (χ3n) is 4.38. The molecule has 0 saturated carbocycles. The van der Waals surface area contributed by atoms with Crippen molar-refractivity contribution in [3.05, 3.63) is 89.2 Å². The molecule has 2 aromatic carbocycles. The monoisotopic (exact) mass is 333 g/mol. The molecule has 4 heteroatoms. The Morgan fingerprint density at radius 2 is 1.60 bits per heavy atom. The maximum atomic E-state index is 12.4. The second-order valence-electron chi connectivity index (χ2n) is 6.22. The van der Waals surface area contributed by atoms with Crippen LogP contribution in [-0.4, -0.2) is 22.2 Å². The number of carbonyl (C=O) groups is 1. The zero-order valence-electron chi connectivity index (χ0n) is 14.6. The number of nitrogens with zero attached hydrogens (tertiary/aromatic N) is 2. The van der Waals surface area contributed by atoms with Gasteiger partial charge in [0.1, 0.15) is 0 Å². The quantitative estimate of drug-likeness (QED) is 0.748. The van der Waals surface area contributed by atoms with Crippen molar-refractivity contribution in [1.82, 2.24) is 15.1 Å². The van der Waals surface area contributed by atoms with Crippen LogP contribution in [0.3, 0.4) is 0 Å². The number of hydrogen-bond donors (Lipinski definition) is 1. The van der Waals surface area contributed by atoms with Gasteiger partial charge in [0.2, 0.25) is 0 Å². The van der Waals surface area contributed by atoms with E-state index in [0.29, 0.717) is 12.1 Å². The highest BCUT2D eigenvalue weighted by molar-refractivity contribution is 5.94. The molecule has 0 aliphatic rings. The summed E-state index contributed by atoms with van der Waals surface area (Å²) in [6, 6.07) is 20.9. The highest BCUT2D eigenvalue weighted by atomic mass is 16.1. The zero-order valence-corrected chi connectivity index (χ0v) is 14.6. The highest BCUT2D eigenvalue weighted by Gasteiger charge is 2.16. The molecule has 0 atom stereocenters. The van der Waals surface area contributed by atoms with Gasteiger partial charge in [-0.05, 0) is 24.5 Å². The van der Waals surface area contributed by atoms with Crippen molar-refractivity contribution < 1.29 is 4.79 Å². The Morgan fingerprint density at radius 1 is 1.04 bits per heavy atom. The number of carbonyl (C=O) groups excluding carboxylic acids is 1. The average molecular weight is 333 g/mol. The summed E-state index contributed by atoms with van der Waals surface area (Å²) in [5, 5.41) is 7.26. The third-order valence-corrected chi connectivity index (χ3v) is 4.38. The maximum absolute atomic E-state index is 12.4. The molecule has 1 aromatic heterocycles. The van der Waals surface area contributed by atoms with Gasteiger partial charge in [-0.3, -0.25) is 9.48 Å². The minimum Gasteiger partial charge on any atom is -0.352 e. The average Bonchev–Trinajstić information content (AvgIpc) is 2.98. The second kappa shape index (κ2) is 7.79. The number of hydrogen-bond acceptors (Lipinski definition) is 2. The van der Waals surface area contributed by atoms with Gasteiger partial charge in [0.25, 0.3) is 5.91 Å². The van der Waals surface area contributed by atoms with Gasteiger partial charge in [0, 0.05) is 25.7 Å². The molecular formula is C21H23N3O. The minimum absolute atomic E-state index is 0.0644.